The van der Waals surface area contributed by atoms with Gasteiger partial charge in [0.2, 0.25) is 5.89 Å². The van der Waals surface area contributed by atoms with Gasteiger partial charge in [-0.2, -0.15) is 0 Å². The molecule has 6 heteroatoms. The van der Waals surface area contributed by atoms with Gasteiger partial charge in [-0.15, -0.1) is 0 Å². The van der Waals surface area contributed by atoms with Crippen molar-refractivity contribution >= 4 is 6.03 Å². The summed E-state index contributed by atoms with van der Waals surface area (Å²) in [4.78, 5) is 15.9. The fourth-order valence-corrected chi connectivity index (χ4v) is 1.91. The number of urea groups is 1. The number of rotatable bonds is 5. The first-order valence-corrected chi connectivity index (χ1v) is 6.79. The molecule has 0 bridgehead atoms. The number of hydrogen-bond acceptors (Lipinski definition) is 4. The smallest absolute Gasteiger partial charge is 0.315 e. The van der Waals surface area contributed by atoms with Gasteiger partial charge in [-0.05, 0) is 25.7 Å². The molecule has 0 saturated carbocycles. The van der Waals surface area contributed by atoms with Crippen LogP contribution in [0.1, 0.15) is 44.5 Å². The Bertz CT molecular complexity index is 430. The maximum absolute atomic E-state index is 11.8. The van der Waals surface area contributed by atoms with Crippen LogP contribution in [0.25, 0.3) is 0 Å². The van der Waals surface area contributed by atoms with E-state index in [1.54, 1.807) is 0 Å². The van der Waals surface area contributed by atoms with E-state index >= 15 is 0 Å². The summed E-state index contributed by atoms with van der Waals surface area (Å²) in [6.07, 6.45) is 0.703. The second-order valence-corrected chi connectivity index (χ2v) is 6.22. The van der Waals surface area contributed by atoms with Crippen LogP contribution in [-0.4, -0.2) is 28.8 Å². The van der Waals surface area contributed by atoms with Crippen molar-refractivity contribution in [2.24, 2.45) is 5.41 Å². The number of nitrogens with zero attached hydrogens (tertiary/aromatic N) is 1. The zero-order valence-corrected chi connectivity index (χ0v) is 12.9. The zero-order valence-electron chi connectivity index (χ0n) is 12.9. The lowest BCUT2D eigenvalue weighted by Gasteiger charge is -2.25. The predicted octanol–water partition coefficient (Wildman–Crippen LogP) is 1.89. The second-order valence-electron chi connectivity index (χ2n) is 6.22. The van der Waals surface area contributed by atoms with Crippen molar-refractivity contribution in [3.8, 4) is 0 Å². The highest BCUT2D eigenvalue weighted by molar-refractivity contribution is 5.74. The molecule has 114 valence electrons. The van der Waals surface area contributed by atoms with E-state index in [0.29, 0.717) is 12.3 Å². The molecule has 20 heavy (non-hydrogen) atoms. The number of aryl methyl sites for hydroxylation is 2. The van der Waals surface area contributed by atoms with Crippen molar-refractivity contribution < 1.29 is 14.3 Å². The third-order valence-electron chi connectivity index (χ3n) is 2.89. The quantitative estimate of drug-likeness (QED) is 0.770. The summed E-state index contributed by atoms with van der Waals surface area (Å²) in [5.41, 5.74) is 0.862. The van der Waals surface area contributed by atoms with E-state index in [9.17, 15) is 9.90 Å². The number of aliphatic hydroxyl groups is 1. The molecule has 1 aromatic rings. The van der Waals surface area contributed by atoms with Crippen molar-refractivity contribution in [3.63, 3.8) is 0 Å². The molecule has 0 aliphatic heterocycles. The Balaban J connectivity index is 2.42. The first-order chi connectivity index (χ1) is 9.21. The van der Waals surface area contributed by atoms with Crippen LogP contribution in [-0.2, 0) is 6.54 Å². The van der Waals surface area contributed by atoms with E-state index < -0.39 is 0 Å². The van der Waals surface area contributed by atoms with Gasteiger partial charge in [0.1, 0.15) is 5.76 Å². The van der Waals surface area contributed by atoms with E-state index in [1.807, 2.05) is 13.8 Å². The molecule has 0 fully saturated rings. The summed E-state index contributed by atoms with van der Waals surface area (Å²) in [5.74, 6) is 1.23. The SMILES string of the molecule is Cc1nc(CNC(=O)NC(CO)CC(C)(C)C)oc1C. The van der Waals surface area contributed by atoms with Crippen molar-refractivity contribution in [2.45, 2.75) is 53.6 Å². The summed E-state index contributed by atoms with van der Waals surface area (Å²) >= 11 is 0. The number of carbonyl (C=O) groups is 1. The average Bonchev–Trinajstić information content (AvgIpc) is 2.64. The van der Waals surface area contributed by atoms with Crippen molar-refractivity contribution in [3.05, 3.63) is 17.3 Å². The average molecular weight is 283 g/mol. The molecule has 0 aromatic carbocycles. The molecular weight excluding hydrogens is 258 g/mol. The monoisotopic (exact) mass is 283 g/mol. The minimum absolute atomic E-state index is 0.0392. The van der Waals surface area contributed by atoms with Gasteiger partial charge in [0, 0.05) is 0 Å². The van der Waals surface area contributed by atoms with E-state index in [-0.39, 0.29) is 30.6 Å². The van der Waals surface area contributed by atoms with Crippen LogP contribution in [0.2, 0.25) is 0 Å². The molecule has 3 N–H and O–H groups in total. The number of hydrogen-bond donors (Lipinski definition) is 3. The topological polar surface area (TPSA) is 87.4 Å². The van der Waals surface area contributed by atoms with E-state index in [2.05, 4.69) is 36.4 Å². The lowest BCUT2D eigenvalue weighted by molar-refractivity contribution is 0.190. The molecule has 1 aromatic heterocycles. The van der Waals surface area contributed by atoms with E-state index in [0.717, 1.165) is 11.5 Å². The Kier molecular flexibility index (Phi) is 5.56. The van der Waals surface area contributed by atoms with Crippen molar-refractivity contribution in [2.75, 3.05) is 6.61 Å². The summed E-state index contributed by atoms with van der Waals surface area (Å²) in [6.45, 7) is 10.0. The molecule has 0 saturated heterocycles. The molecule has 0 radical (unpaired) electrons. The Hall–Kier alpha value is -1.56. The van der Waals surface area contributed by atoms with Crippen LogP contribution < -0.4 is 10.6 Å². The third kappa shape index (κ3) is 5.61. The minimum atomic E-state index is -0.332. The van der Waals surface area contributed by atoms with Crippen LogP contribution in [0.15, 0.2) is 4.42 Å². The van der Waals surface area contributed by atoms with Crippen molar-refractivity contribution in [1.29, 1.82) is 0 Å². The number of nitrogens with one attached hydrogen (secondary N) is 2. The molecular formula is C14H25N3O3. The molecule has 1 unspecified atom stereocenters. The maximum atomic E-state index is 11.8. The van der Waals surface area contributed by atoms with Gasteiger partial charge < -0.3 is 20.2 Å². The second kappa shape index (κ2) is 6.74. The molecule has 6 nitrogen and oxygen atoms in total. The maximum Gasteiger partial charge on any atom is 0.315 e. The highest BCUT2D eigenvalue weighted by Gasteiger charge is 2.19. The summed E-state index contributed by atoms with van der Waals surface area (Å²) in [7, 11) is 0. The Morgan fingerprint density at radius 3 is 2.50 bits per heavy atom. The Morgan fingerprint density at radius 1 is 1.40 bits per heavy atom. The Labute approximate surface area is 120 Å². The van der Waals surface area contributed by atoms with Crippen LogP contribution in [0.4, 0.5) is 4.79 Å². The normalized spacial score (nSPS) is 13.1. The first-order valence-electron chi connectivity index (χ1n) is 6.79. The van der Waals surface area contributed by atoms with Crippen molar-refractivity contribution in [1.82, 2.24) is 15.6 Å². The van der Waals surface area contributed by atoms with E-state index in [1.165, 1.54) is 0 Å². The Morgan fingerprint density at radius 2 is 2.05 bits per heavy atom. The molecule has 1 atom stereocenters. The number of amides is 2. The molecule has 0 aliphatic rings. The predicted molar refractivity (Wildman–Crippen MR) is 76.3 cm³/mol. The van der Waals surface area contributed by atoms with Crippen LogP contribution in [0.5, 0.6) is 0 Å². The van der Waals surface area contributed by atoms with Gasteiger partial charge in [0.25, 0.3) is 0 Å². The van der Waals surface area contributed by atoms with E-state index in [4.69, 9.17) is 4.42 Å². The molecule has 1 heterocycles. The standard InChI is InChI=1S/C14H25N3O3/c1-9-10(2)20-12(16-9)7-15-13(19)17-11(8-18)6-14(3,4)5/h11,18H,6-8H2,1-5H3,(H2,15,17,19). The lowest BCUT2D eigenvalue weighted by Crippen LogP contribution is -2.45. The first kappa shape index (κ1) is 16.5. The minimum Gasteiger partial charge on any atom is -0.444 e. The van der Waals surface area contributed by atoms with Crippen LogP contribution in [0.3, 0.4) is 0 Å². The highest BCUT2D eigenvalue weighted by Crippen LogP contribution is 2.20. The number of carbonyl (C=O) groups excluding carboxylic acids is 1. The van der Waals surface area contributed by atoms with Gasteiger partial charge in [-0.25, -0.2) is 9.78 Å². The largest absolute Gasteiger partial charge is 0.444 e. The van der Waals surface area contributed by atoms with Gasteiger partial charge in [-0.1, -0.05) is 20.8 Å². The molecule has 2 amide bonds. The fraction of sp³-hybridized carbons (Fsp3) is 0.714. The molecule has 1 rings (SSSR count). The number of aromatic nitrogens is 1. The van der Waals surface area contributed by atoms with Crippen LogP contribution >= 0.6 is 0 Å². The molecule has 0 aliphatic carbocycles. The number of aliphatic hydroxyl groups excluding tert-OH is 1. The van der Waals surface area contributed by atoms with Gasteiger partial charge >= 0.3 is 6.03 Å². The van der Waals surface area contributed by atoms with Crippen LogP contribution in [0, 0.1) is 19.3 Å². The number of oxazole rings is 1. The van der Waals surface area contributed by atoms with Gasteiger partial charge in [-0.3, -0.25) is 0 Å². The third-order valence-corrected chi connectivity index (χ3v) is 2.89. The molecule has 0 spiro atoms. The van der Waals surface area contributed by atoms with Gasteiger partial charge in [0.05, 0.1) is 24.9 Å². The van der Waals surface area contributed by atoms with Gasteiger partial charge in [0.15, 0.2) is 0 Å². The summed E-state index contributed by atoms with van der Waals surface area (Å²) in [6, 6.07) is -0.593. The lowest BCUT2D eigenvalue weighted by atomic mass is 9.88. The zero-order chi connectivity index (χ0) is 15.3. The fourth-order valence-electron chi connectivity index (χ4n) is 1.91. The summed E-state index contributed by atoms with van der Waals surface area (Å²) in [5, 5.41) is 14.7. The highest BCUT2D eigenvalue weighted by atomic mass is 16.4. The summed E-state index contributed by atoms with van der Waals surface area (Å²) < 4.78 is 5.37.